The minimum Gasteiger partial charge on any atom is -0.481 e. The number of rotatable bonds is 4. The molecule has 0 aromatic carbocycles. The van der Waals surface area contributed by atoms with Gasteiger partial charge in [0.25, 0.3) is 0 Å². The molecule has 0 amide bonds. The van der Waals surface area contributed by atoms with Gasteiger partial charge in [0.05, 0.1) is 5.69 Å². The molecule has 5 atom stereocenters. The number of nitrogens with zero attached hydrogens (tertiary/aromatic N) is 4. The van der Waals surface area contributed by atoms with Gasteiger partial charge in [-0.05, 0) is 56.3 Å². The third-order valence-electron chi connectivity index (χ3n) is 7.31. The number of aliphatic carboxylic acids is 1. The lowest BCUT2D eigenvalue weighted by molar-refractivity contribution is -0.141. The average molecular weight is 356 g/mol. The lowest BCUT2D eigenvalue weighted by atomic mass is 9.60. The monoisotopic (exact) mass is 356 g/mol. The van der Waals surface area contributed by atoms with E-state index < -0.39 is 5.97 Å². The summed E-state index contributed by atoms with van der Waals surface area (Å²) in [5, 5.41) is 9.16. The third-order valence-corrected chi connectivity index (χ3v) is 7.31. The third kappa shape index (κ3) is 2.41. The van der Waals surface area contributed by atoms with Crippen LogP contribution < -0.4 is 9.80 Å². The molecule has 2 aliphatic carbocycles. The summed E-state index contributed by atoms with van der Waals surface area (Å²) in [5.41, 5.74) is 2.61. The number of piperidine rings is 2. The second-order valence-electron chi connectivity index (χ2n) is 8.90. The van der Waals surface area contributed by atoms with Crippen LogP contribution in [0.2, 0.25) is 0 Å². The van der Waals surface area contributed by atoms with E-state index in [0.29, 0.717) is 36.1 Å². The molecule has 4 fully saturated rings. The maximum absolute atomic E-state index is 11.1. The Morgan fingerprint density at radius 2 is 1.96 bits per heavy atom. The van der Waals surface area contributed by atoms with Crippen LogP contribution in [0.15, 0.2) is 0 Å². The number of fused-ring (bicyclic) bond motifs is 3. The quantitative estimate of drug-likeness (QED) is 0.894. The summed E-state index contributed by atoms with van der Waals surface area (Å²) in [6.07, 6.45) is 4.98. The van der Waals surface area contributed by atoms with Gasteiger partial charge in [0.1, 0.15) is 5.82 Å². The number of aromatic nitrogens is 2. The van der Waals surface area contributed by atoms with E-state index in [0.717, 1.165) is 37.8 Å². The fraction of sp³-hybridized carbons (Fsp3) is 0.750. The van der Waals surface area contributed by atoms with Crippen molar-refractivity contribution in [3.8, 4) is 0 Å². The van der Waals surface area contributed by atoms with Crippen molar-refractivity contribution >= 4 is 17.7 Å². The number of carboxylic acid groups (broad SMARTS) is 1. The van der Waals surface area contributed by atoms with Crippen LogP contribution in [-0.2, 0) is 11.2 Å². The average Bonchev–Trinajstić information content (AvgIpc) is 2.99. The molecule has 3 aliphatic heterocycles. The van der Waals surface area contributed by atoms with E-state index in [-0.39, 0.29) is 0 Å². The Balaban J connectivity index is 1.44. The summed E-state index contributed by atoms with van der Waals surface area (Å²) in [6, 6.07) is 0.535. The first-order valence-electron chi connectivity index (χ1n) is 10.2. The van der Waals surface area contributed by atoms with Gasteiger partial charge in [-0.25, -0.2) is 4.98 Å². The van der Waals surface area contributed by atoms with E-state index >= 15 is 0 Å². The summed E-state index contributed by atoms with van der Waals surface area (Å²) in [4.78, 5) is 25.9. The molecule has 6 heteroatoms. The highest BCUT2D eigenvalue weighted by molar-refractivity contribution is 5.67. The molecule has 6 nitrogen and oxygen atoms in total. The molecular weight excluding hydrogens is 328 g/mol. The van der Waals surface area contributed by atoms with Crippen molar-refractivity contribution in [2.24, 2.45) is 17.8 Å². The van der Waals surface area contributed by atoms with Crippen LogP contribution in [0.1, 0.15) is 56.7 Å². The van der Waals surface area contributed by atoms with Crippen molar-refractivity contribution in [1.82, 2.24) is 9.97 Å². The van der Waals surface area contributed by atoms with E-state index in [1.54, 1.807) is 0 Å². The molecular formula is C20H28N4O2. The first-order valence-corrected chi connectivity index (χ1v) is 10.2. The normalized spacial score (nSPS) is 34.9. The summed E-state index contributed by atoms with van der Waals surface area (Å²) >= 11 is 0. The van der Waals surface area contributed by atoms with Gasteiger partial charge in [0, 0.05) is 37.7 Å². The van der Waals surface area contributed by atoms with Gasteiger partial charge < -0.3 is 14.9 Å². The highest BCUT2D eigenvalue weighted by atomic mass is 16.4. The molecule has 0 spiro atoms. The van der Waals surface area contributed by atoms with Crippen LogP contribution in [0.25, 0.3) is 0 Å². The molecule has 5 aliphatic rings. The Kier molecular flexibility index (Phi) is 3.66. The van der Waals surface area contributed by atoms with Crippen molar-refractivity contribution in [2.75, 3.05) is 29.4 Å². The Morgan fingerprint density at radius 3 is 2.58 bits per heavy atom. The SMILES string of the molecule is C[C@H]1CCc2c1nc(N1CC[C@@H]1C)nc2N1C[C@H]2C[C@@H](C1)C2CC(=O)O. The van der Waals surface area contributed by atoms with Crippen LogP contribution in [0.3, 0.4) is 0 Å². The van der Waals surface area contributed by atoms with Gasteiger partial charge in [-0.3, -0.25) is 4.79 Å². The van der Waals surface area contributed by atoms with Gasteiger partial charge in [-0.1, -0.05) is 6.92 Å². The summed E-state index contributed by atoms with van der Waals surface area (Å²) in [5.74, 6) is 3.32. The second kappa shape index (κ2) is 5.83. The maximum atomic E-state index is 11.1. The van der Waals surface area contributed by atoms with E-state index in [9.17, 15) is 4.79 Å². The van der Waals surface area contributed by atoms with Gasteiger partial charge >= 0.3 is 5.97 Å². The van der Waals surface area contributed by atoms with E-state index in [1.807, 2.05) is 0 Å². The summed E-state index contributed by atoms with van der Waals surface area (Å²) in [6.45, 7) is 7.50. The highest BCUT2D eigenvalue weighted by Crippen LogP contribution is 2.49. The van der Waals surface area contributed by atoms with E-state index in [2.05, 4.69) is 23.6 Å². The van der Waals surface area contributed by atoms with Crippen molar-refractivity contribution in [2.45, 2.75) is 57.9 Å². The Labute approximate surface area is 154 Å². The predicted molar refractivity (Wildman–Crippen MR) is 99.7 cm³/mol. The molecule has 4 heterocycles. The van der Waals surface area contributed by atoms with Gasteiger partial charge in [0.2, 0.25) is 5.95 Å². The van der Waals surface area contributed by atoms with Gasteiger partial charge in [-0.2, -0.15) is 4.98 Å². The lowest BCUT2D eigenvalue weighted by Crippen LogP contribution is -2.56. The second-order valence-corrected chi connectivity index (χ2v) is 8.90. The predicted octanol–water partition coefficient (Wildman–Crippen LogP) is 2.67. The fourth-order valence-corrected chi connectivity index (χ4v) is 5.52. The minimum absolute atomic E-state index is 0.332. The number of hydrogen-bond acceptors (Lipinski definition) is 5. The zero-order chi connectivity index (χ0) is 18.0. The molecule has 1 unspecified atom stereocenters. The Bertz CT molecular complexity index is 740. The lowest BCUT2D eigenvalue weighted by Gasteiger charge is -2.54. The molecule has 140 valence electrons. The molecule has 26 heavy (non-hydrogen) atoms. The smallest absolute Gasteiger partial charge is 0.303 e. The van der Waals surface area contributed by atoms with Gasteiger partial charge in [0.15, 0.2) is 0 Å². The van der Waals surface area contributed by atoms with Crippen LogP contribution in [-0.4, -0.2) is 46.7 Å². The van der Waals surface area contributed by atoms with Gasteiger partial charge in [-0.15, -0.1) is 0 Å². The van der Waals surface area contributed by atoms with Crippen LogP contribution >= 0.6 is 0 Å². The van der Waals surface area contributed by atoms with Crippen molar-refractivity contribution in [3.63, 3.8) is 0 Å². The fourth-order valence-electron chi connectivity index (χ4n) is 5.52. The van der Waals surface area contributed by atoms with Crippen LogP contribution in [0, 0.1) is 17.8 Å². The van der Waals surface area contributed by atoms with Crippen molar-refractivity contribution in [1.29, 1.82) is 0 Å². The molecule has 1 aromatic heterocycles. The van der Waals surface area contributed by atoms with E-state index in [1.165, 1.54) is 30.5 Å². The summed E-state index contributed by atoms with van der Waals surface area (Å²) in [7, 11) is 0. The number of carboxylic acids is 1. The molecule has 1 aromatic rings. The molecule has 1 saturated carbocycles. The zero-order valence-corrected chi connectivity index (χ0v) is 15.7. The largest absolute Gasteiger partial charge is 0.481 e. The summed E-state index contributed by atoms with van der Waals surface area (Å²) < 4.78 is 0. The molecule has 6 rings (SSSR count). The van der Waals surface area contributed by atoms with Crippen molar-refractivity contribution < 1.29 is 9.90 Å². The Morgan fingerprint density at radius 1 is 1.19 bits per heavy atom. The molecule has 1 N–H and O–H groups in total. The zero-order valence-electron chi connectivity index (χ0n) is 15.7. The van der Waals surface area contributed by atoms with Crippen LogP contribution in [0.5, 0.6) is 0 Å². The number of carbonyl (C=O) groups is 1. The Hall–Kier alpha value is -1.85. The number of hydrogen-bond donors (Lipinski definition) is 1. The standard InChI is InChI=1S/C20H28N4O2/c1-11-3-4-15-18(11)21-20(24-6-5-12(24)2)22-19(15)23-9-13-7-14(10-23)16(13)8-17(25)26/h11-14,16H,3-10H2,1-2H3,(H,25,26)/t11-,12-,13-,14+,16?/m0/s1. The maximum Gasteiger partial charge on any atom is 0.303 e. The van der Waals surface area contributed by atoms with Crippen LogP contribution in [0.4, 0.5) is 11.8 Å². The molecule has 3 saturated heterocycles. The van der Waals surface area contributed by atoms with Crippen molar-refractivity contribution in [3.05, 3.63) is 11.3 Å². The molecule has 2 bridgehead atoms. The number of anilines is 2. The first-order chi connectivity index (χ1) is 12.5. The highest BCUT2D eigenvalue weighted by Gasteiger charge is 2.48. The first kappa shape index (κ1) is 16.3. The van der Waals surface area contributed by atoms with E-state index in [4.69, 9.17) is 15.1 Å². The minimum atomic E-state index is -0.649. The topological polar surface area (TPSA) is 69.6 Å². The molecule has 0 radical (unpaired) electrons.